The molecule has 2 aromatic rings. The summed E-state index contributed by atoms with van der Waals surface area (Å²) in [5.41, 5.74) is 0.933. The molecule has 2 N–H and O–H groups in total. The smallest absolute Gasteiger partial charge is 0.339 e. The fourth-order valence-corrected chi connectivity index (χ4v) is 1.50. The summed E-state index contributed by atoms with van der Waals surface area (Å²) in [6.07, 6.45) is 3.33. The second-order valence-corrected chi connectivity index (χ2v) is 3.75. The van der Waals surface area contributed by atoms with Crippen LogP contribution in [0.3, 0.4) is 0 Å². The quantitative estimate of drug-likeness (QED) is 0.811. The molecule has 0 saturated heterocycles. The Hall–Kier alpha value is -2.44. The first-order valence-electron chi connectivity index (χ1n) is 5.46. The summed E-state index contributed by atoms with van der Waals surface area (Å²) in [4.78, 5) is 15.2. The number of aromatic nitrogens is 4. The molecule has 18 heavy (non-hydrogen) atoms. The SMILES string of the molecule is Cc1ccc(C(=O)O)c(NCCn2ccnn2)n1. The van der Waals surface area contributed by atoms with Crippen molar-refractivity contribution in [3.8, 4) is 0 Å². The third-order valence-electron chi connectivity index (χ3n) is 2.37. The van der Waals surface area contributed by atoms with Gasteiger partial charge in [-0.1, -0.05) is 5.21 Å². The van der Waals surface area contributed by atoms with Crippen molar-refractivity contribution >= 4 is 11.8 Å². The van der Waals surface area contributed by atoms with Gasteiger partial charge < -0.3 is 10.4 Å². The second-order valence-electron chi connectivity index (χ2n) is 3.75. The van der Waals surface area contributed by atoms with Gasteiger partial charge in [0.25, 0.3) is 0 Å². The van der Waals surface area contributed by atoms with E-state index in [2.05, 4.69) is 20.6 Å². The van der Waals surface area contributed by atoms with Crippen molar-refractivity contribution < 1.29 is 9.90 Å². The number of aryl methyl sites for hydroxylation is 1. The molecule has 0 aromatic carbocycles. The van der Waals surface area contributed by atoms with Crippen molar-refractivity contribution in [2.24, 2.45) is 0 Å². The van der Waals surface area contributed by atoms with Gasteiger partial charge in [-0.05, 0) is 19.1 Å². The highest BCUT2D eigenvalue weighted by molar-refractivity contribution is 5.93. The Balaban J connectivity index is 2.03. The van der Waals surface area contributed by atoms with Crippen LogP contribution in [0.5, 0.6) is 0 Å². The number of hydrogen-bond acceptors (Lipinski definition) is 5. The fourth-order valence-electron chi connectivity index (χ4n) is 1.50. The Morgan fingerprint density at radius 1 is 1.50 bits per heavy atom. The summed E-state index contributed by atoms with van der Waals surface area (Å²) in [6, 6.07) is 3.22. The van der Waals surface area contributed by atoms with Gasteiger partial charge in [0, 0.05) is 18.4 Å². The second kappa shape index (κ2) is 5.26. The molecule has 7 nitrogen and oxygen atoms in total. The number of carbonyl (C=O) groups is 1. The van der Waals surface area contributed by atoms with Gasteiger partial charge in [0.15, 0.2) is 0 Å². The summed E-state index contributed by atoms with van der Waals surface area (Å²) in [5.74, 6) is -0.617. The van der Waals surface area contributed by atoms with E-state index >= 15 is 0 Å². The Morgan fingerprint density at radius 2 is 2.33 bits per heavy atom. The molecule has 0 aliphatic heterocycles. The number of carboxylic acids is 1. The average Bonchev–Trinajstić information content (AvgIpc) is 2.82. The lowest BCUT2D eigenvalue weighted by molar-refractivity contribution is 0.0697. The first-order chi connectivity index (χ1) is 8.66. The number of nitrogens with zero attached hydrogens (tertiary/aromatic N) is 4. The number of hydrogen-bond donors (Lipinski definition) is 2. The molecular weight excluding hydrogens is 234 g/mol. The number of rotatable bonds is 5. The van der Waals surface area contributed by atoms with E-state index in [1.807, 2.05) is 6.92 Å². The van der Waals surface area contributed by atoms with Crippen LogP contribution in [0.4, 0.5) is 5.82 Å². The molecule has 2 heterocycles. The van der Waals surface area contributed by atoms with Gasteiger partial charge >= 0.3 is 5.97 Å². The molecule has 2 rings (SSSR count). The standard InChI is InChI=1S/C11H13N5O2/c1-8-2-3-9(11(17)18)10(14-8)12-4-6-16-7-5-13-15-16/h2-3,5,7H,4,6H2,1H3,(H,12,14)(H,17,18). The summed E-state index contributed by atoms with van der Waals surface area (Å²) in [6.45, 7) is 2.93. The zero-order valence-corrected chi connectivity index (χ0v) is 9.87. The van der Waals surface area contributed by atoms with Crippen LogP contribution in [0, 0.1) is 6.92 Å². The summed E-state index contributed by atoms with van der Waals surface area (Å²) >= 11 is 0. The minimum atomic E-state index is -0.995. The van der Waals surface area contributed by atoms with Crippen LogP contribution in [0.25, 0.3) is 0 Å². The Labute approximate surface area is 103 Å². The lowest BCUT2D eigenvalue weighted by atomic mass is 10.2. The fraction of sp³-hybridized carbons (Fsp3) is 0.273. The lowest BCUT2D eigenvalue weighted by Crippen LogP contribution is -2.15. The van der Waals surface area contributed by atoms with Crippen molar-refractivity contribution in [2.75, 3.05) is 11.9 Å². The summed E-state index contributed by atoms with van der Waals surface area (Å²) in [5, 5.41) is 19.5. The zero-order chi connectivity index (χ0) is 13.0. The van der Waals surface area contributed by atoms with E-state index in [1.165, 1.54) is 0 Å². The van der Waals surface area contributed by atoms with Crippen LogP contribution in [0.15, 0.2) is 24.5 Å². The monoisotopic (exact) mass is 247 g/mol. The molecule has 2 aromatic heterocycles. The molecule has 94 valence electrons. The highest BCUT2D eigenvalue weighted by Crippen LogP contribution is 2.13. The van der Waals surface area contributed by atoms with E-state index in [0.29, 0.717) is 18.9 Å². The Kier molecular flexibility index (Phi) is 3.52. The molecule has 0 atom stereocenters. The Bertz CT molecular complexity index is 538. The number of anilines is 1. The van der Waals surface area contributed by atoms with E-state index < -0.39 is 5.97 Å². The normalized spacial score (nSPS) is 10.3. The number of aromatic carboxylic acids is 1. The molecular formula is C11H13N5O2. The van der Waals surface area contributed by atoms with Gasteiger partial charge in [0.1, 0.15) is 11.4 Å². The zero-order valence-electron chi connectivity index (χ0n) is 9.87. The lowest BCUT2D eigenvalue weighted by Gasteiger charge is -2.09. The van der Waals surface area contributed by atoms with Gasteiger partial charge in [-0.2, -0.15) is 0 Å². The first kappa shape index (κ1) is 12.0. The van der Waals surface area contributed by atoms with E-state index in [4.69, 9.17) is 5.11 Å². The van der Waals surface area contributed by atoms with Gasteiger partial charge in [-0.3, -0.25) is 4.68 Å². The Morgan fingerprint density at radius 3 is 3.00 bits per heavy atom. The maximum atomic E-state index is 11.0. The van der Waals surface area contributed by atoms with Crippen molar-refractivity contribution in [3.05, 3.63) is 35.8 Å². The van der Waals surface area contributed by atoms with E-state index in [1.54, 1.807) is 29.2 Å². The maximum Gasteiger partial charge on any atom is 0.339 e. The molecule has 0 bridgehead atoms. The third kappa shape index (κ3) is 2.82. The van der Waals surface area contributed by atoms with E-state index in [0.717, 1.165) is 5.69 Å². The molecule has 0 unspecified atom stereocenters. The molecule has 0 spiro atoms. The van der Waals surface area contributed by atoms with Gasteiger partial charge in [0.2, 0.25) is 0 Å². The van der Waals surface area contributed by atoms with Crippen LogP contribution in [0.2, 0.25) is 0 Å². The average molecular weight is 247 g/mol. The van der Waals surface area contributed by atoms with Gasteiger partial charge in [-0.15, -0.1) is 5.10 Å². The topological polar surface area (TPSA) is 92.9 Å². The molecule has 0 aliphatic rings. The summed E-state index contributed by atoms with van der Waals surface area (Å²) in [7, 11) is 0. The van der Waals surface area contributed by atoms with Gasteiger partial charge in [-0.25, -0.2) is 9.78 Å². The van der Waals surface area contributed by atoms with Crippen LogP contribution < -0.4 is 5.32 Å². The highest BCUT2D eigenvalue weighted by Gasteiger charge is 2.10. The van der Waals surface area contributed by atoms with Crippen LogP contribution in [0.1, 0.15) is 16.1 Å². The number of nitrogens with one attached hydrogen (secondary N) is 1. The van der Waals surface area contributed by atoms with E-state index in [9.17, 15) is 4.79 Å². The van der Waals surface area contributed by atoms with E-state index in [-0.39, 0.29) is 5.56 Å². The highest BCUT2D eigenvalue weighted by atomic mass is 16.4. The molecule has 0 aliphatic carbocycles. The molecule has 0 saturated carbocycles. The van der Waals surface area contributed by atoms with Crippen molar-refractivity contribution in [2.45, 2.75) is 13.5 Å². The first-order valence-corrected chi connectivity index (χ1v) is 5.46. The minimum Gasteiger partial charge on any atom is -0.478 e. The van der Waals surface area contributed by atoms with Crippen molar-refractivity contribution in [1.29, 1.82) is 0 Å². The molecule has 0 fully saturated rings. The number of pyridine rings is 1. The largest absolute Gasteiger partial charge is 0.478 e. The predicted molar refractivity (Wildman–Crippen MR) is 64.4 cm³/mol. The van der Waals surface area contributed by atoms with Crippen molar-refractivity contribution in [3.63, 3.8) is 0 Å². The molecule has 0 amide bonds. The minimum absolute atomic E-state index is 0.166. The molecule has 0 radical (unpaired) electrons. The third-order valence-corrected chi connectivity index (χ3v) is 2.37. The summed E-state index contributed by atoms with van der Waals surface area (Å²) < 4.78 is 1.66. The van der Waals surface area contributed by atoms with Crippen molar-refractivity contribution in [1.82, 2.24) is 20.0 Å². The predicted octanol–water partition coefficient (Wildman–Crippen LogP) is 0.792. The van der Waals surface area contributed by atoms with Crippen LogP contribution in [-0.4, -0.2) is 37.6 Å². The van der Waals surface area contributed by atoms with Crippen LogP contribution in [-0.2, 0) is 6.54 Å². The van der Waals surface area contributed by atoms with Crippen LogP contribution >= 0.6 is 0 Å². The van der Waals surface area contributed by atoms with Gasteiger partial charge in [0.05, 0.1) is 12.7 Å². The number of carboxylic acid groups (broad SMARTS) is 1. The maximum absolute atomic E-state index is 11.0. The molecule has 7 heteroatoms.